The fourth-order valence-corrected chi connectivity index (χ4v) is 1.90. The van der Waals surface area contributed by atoms with Crippen molar-refractivity contribution in [1.29, 1.82) is 0 Å². The maximum atomic E-state index is 12.7. The smallest absolute Gasteiger partial charge is 0.378 e. The van der Waals surface area contributed by atoms with Crippen LogP contribution in [0.3, 0.4) is 0 Å². The van der Waals surface area contributed by atoms with Gasteiger partial charge in [-0.1, -0.05) is 17.7 Å². The van der Waals surface area contributed by atoms with E-state index in [0.29, 0.717) is 23.2 Å². The molecule has 0 saturated heterocycles. The van der Waals surface area contributed by atoms with Crippen LogP contribution >= 0.6 is 11.6 Å². The summed E-state index contributed by atoms with van der Waals surface area (Å²) in [5.41, 5.74) is 0.487. The lowest BCUT2D eigenvalue weighted by atomic mass is 10.1. The van der Waals surface area contributed by atoms with Crippen LogP contribution in [0.4, 0.5) is 18.9 Å². The van der Waals surface area contributed by atoms with Crippen LogP contribution < -0.4 is 5.32 Å². The number of aromatic nitrogens is 2. The topological polar surface area (TPSA) is 29.9 Å². The highest BCUT2D eigenvalue weighted by Crippen LogP contribution is 2.32. The number of nitrogens with one attached hydrogen (secondary N) is 1. The molecule has 2 rings (SSSR count). The molecular formula is C13H13ClF3N3. The first-order valence-electron chi connectivity index (χ1n) is 5.87. The lowest BCUT2D eigenvalue weighted by Crippen LogP contribution is -2.09. The highest BCUT2D eigenvalue weighted by molar-refractivity contribution is 6.29. The summed E-state index contributed by atoms with van der Waals surface area (Å²) in [5, 5.41) is 3.43. The normalized spacial score (nSPS) is 11.7. The molecule has 108 valence electrons. The maximum absolute atomic E-state index is 12.7. The van der Waals surface area contributed by atoms with Crippen molar-refractivity contribution in [2.24, 2.45) is 7.05 Å². The van der Waals surface area contributed by atoms with Gasteiger partial charge in [-0.15, -0.1) is 0 Å². The molecule has 0 fully saturated rings. The van der Waals surface area contributed by atoms with Crippen LogP contribution in [0, 0.1) is 6.92 Å². The minimum Gasteiger partial charge on any atom is -0.378 e. The summed E-state index contributed by atoms with van der Waals surface area (Å²) < 4.78 is 39.7. The number of hydrogen-bond acceptors (Lipinski definition) is 2. The van der Waals surface area contributed by atoms with Gasteiger partial charge in [0.05, 0.1) is 18.3 Å². The molecule has 0 atom stereocenters. The van der Waals surface area contributed by atoms with Crippen molar-refractivity contribution in [3.8, 4) is 0 Å². The molecule has 1 aromatic heterocycles. The van der Waals surface area contributed by atoms with Crippen molar-refractivity contribution in [2.75, 3.05) is 5.32 Å². The number of imidazole rings is 1. The number of halogens is 4. The predicted molar refractivity (Wildman–Crippen MR) is 71.7 cm³/mol. The van der Waals surface area contributed by atoms with Gasteiger partial charge in [-0.3, -0.25) is 0 Å². The zero-order chi connectivity index (χ0) is 14.9. The van der Waals surface area contributed by atoms with Gasteiger partial charge in [0, 0.05) is 12.7 Å². The molecule has 1 aromatic carbocycles. The van der Waals surface area contributed by atoms with Gasteiger partial charge in [0.2, 0.25) is 0 Å². The molecule has 0 unspecified atom stereocenters. The summed E-state index contributed by atoms with van der Waals surface area (Å²) in [7, 11) is 1.74. The molecule has 0 spiro atoms. The number of hydrogen-bond donors (Lipinski definition) is 1. The van der Waals surface area contributed by atoms with E-state index in [1.807, 2.05) is 0 Å². The predicted octanol–water partition coefficient (Wildman–Crippen LogP) is 4.01. The summed E-state index contributed by atoms with van der Waals surface area (Å²) in [4.78, 5) is 4.08. The molecule has 0 aliphatic carbocycles. The average molecular weight is 304 g/mol. The van der Waals surface area contributed by atoms with E-state index in [9.17, 15) is 13.2 Å². The van der Waals surface area contributed by atoms with Crippen molar-refractivity contribution in [2.45, 2.75) is 19.6 Å². The molecule has 0 amide bonds. The van der Waals surface area contributed by atoms with E-state index >= 15 is 0 Å². The number of alkyl halides is 3. The van der Waals surface area contributed by atoms with Gasteiger partial charge in [-0.2, -0.15) is 13.2 Å². The Labute approximate surface area is 119 Å². The largest absolute Gasteiger partial charge is 0.416 e. The second-order valence-electron chi connectivity index (χ2n) is 4.44. The van der Waals surface area contributed by atoms with Gasteiger partial charge < -0.3 is 9.88 Å². The van der Waals surface area contributed by atoms with Gasteiger partial charge in [0.25, 0.3) is 0 Å². The zero-order valence-electron chi connectivity index (χ0n) is 10.9. The molecule has 0 radical (unpaired) electrons. The molecule has 1 heterocycles. The van der Waals surface area contributed by atoms with Crippen LogP contribution in [-0.2, 0) is 19.8 Å². The van der Waals surface area contributed by atoms with E-state index in [4.69, 9.17) is 11.6 Å². The van der Waals surface area contributed by atoms with E-state index in [0.717, 1.165) is 17.7 Å². The molecule has 0 saturated carbocycles. The first-order valence-corrected chi connectivity index (χ1v) is 6.24. The third kappa shape index (κ3) is 3.07. The Morgan fingerprint density at radius 3 is 2.60 bits per heavy atom. The van der Waals surface area contributed by atoms with Gasteiger partial charge in [0.1, 0.15) is 11.0 Å². The summed E-state index contributed by atoms with van der Waals surface area (Å²) in [5.74, 6) is 0.645. The first-order chi connectivity index (χ1) is 9.29. The van der Waals surface area contributed by atoms with E-state index < -0.39 is 11.7 Å². The number of rotatable bonds is 3. The van der Waals surface area contributed by atoms with Crippen LogP contribution in [0.15, 0.2) is 24.4 Å². The van der Waals surface area contributed by atoms with Gasteiger partial charge in [0.15, 0.2) is 0 Å². The molecule has 0 aliphatic heterocycles. The van der Waals surface area contributed by atoms with Crippen LogP contribution in [0.25, 0.3) is 0 Å². The van der Waals surface area contributed by atoms with Gasteiger partial charge in [-0.05, 0) is 24.6 Å². The molecule has 0 bridgehead atoms. The van der Waals surface area contributed by atoms with E-state index in [1.165, 1.54) is 12.3 Å². The number of aryl methyl sites for hydroxylation is 1. The Hall–Kier alpha value is -1.69. The third-order valence-electron chi connectivity index (χ3n) is 3.03. The number of anilines is 1. The van der Waals surface area contributed by atoms with Crippen molar-refractivity contribution < 1.29 is 13.2 Å². The minimum atomic E-state index is -4.35. The van der Waals surface area contributed by atoms with Crippen LogP contribution in [0.5, 0.6) is 0 Å². The monoisotopic (exact) mass is 303 g/mol. The molecule has 0 aliphatic rings. The third-order valence-corrected chi connectivity index (χ3v) is 3.38. The summed E-state index contributed by atoms with van der Waals surface area (Å²) in [6.07, 6.45) is -2.85. The standard InChI is InChI=1S/C13H13ClF3N3/c1-8-3-4-9(13(15,16)17)5-10(8)18-7-12-19-6-11(14)20(12)2/h3-6,18H,7H2,1-2H3. The van der Waals surface area contributed by atoms with Crippen LogP contribution in [-0.4, -0.2) is 9.55 Å². The second-order valence-corrected chi connectivity index (χ2v) is 4.82. The Balaban J connectivity index is 2.19. The maximum Gasteiger partial charge on any atom is 0.416 e. The Morgan fingerprint density at radius 1 is 1.35 bits per heavy atom. The fourth-order valence-electron chi connectivity index (χ4n) is 1.75. The van der Waals surface area contributed by atoms with Crippen LogP contribution in [0.1, 0.15) is 17.0 Å². The van der Waals surface area contributed by atoms with Crippen molar-refractivity contribution in [3.63, 3.8) is 0 Å². The Bertz CT molecular complexity index is 620. The average Bonchev–Trinajstić information content (AvgIpc) is 2.68. The second kappa shape index (κ2) is 5.36. The molecule has 7 heteroatoms. The van der Waals surface area contributed by atoms with Gasteiger partial charge >= 0.3 is 6.18 Å². The number of nitrogens with zero attached hydrogens (tertiary/aromatic N) is 2. The van der Waals surface area contributed by atoms with Crippen molar-refractivity contribution in [3.05, 3.63) is 46.5 Å². The highest BCUT2D eigenvalue weighted by atomic mass is 35.5. The summed E-state index contributed by atoms with van der Waals surface area (Å²) in [6.45, 7) is 2.04. The van der Waals surface area contributed by atoms with E-state index in [2.05, 4.69) is 10.3 Å². The molecule has 20 heavy (non-hydrogen) atoms. The first kappa shape index (κ1) is 14.7. The molecule has 2 aromatic rings. The number of benzene rings is 1. The quantitative estimate of drug-likeness (QED) is 0.928. The van der Waals surface area contributed by atoms with Crippen LogP contribution in [0.2, 0.25) is 5.15 Å². The van der Waals surface area contributed by atoms with Crippen molar-refractivity contribution in [1.82, 2.24) is 9.55 Å². The van der Waals surface area contributed by atoms with Crippen molar-refractivity contribution >= 4 is 17.3 Å². The van der Waals surface area contributed by atoms with Gasteiger partial charge in [-0.25, -0.2) is 4.98 Å². The lowest BCUT2D eigenvalue weighted by Gasteiger charge is -2.13. The summed E-state index contributed by atoms with van der Waals surface area (Å²) >= 11 is 5.85. The SMILES string of the molecule is Cc1ccc(C(F)(F)F)cc1NCc1ncc(Cl)n1C. The molecule has 3 nitrogen and oxygen atoms in total. The minimum absolute atomic E-state index is 0.297. The van der Waals surface area contributed by atoms with E-state index in [1.54, 1.807) is 18.5 Å². The molecule has 1 N–H and O–H groups in total. The zero-order valence-corrected chi connectivity index (χ0v) is 11.7. The highest BCUT2D eigenvalue weighted by Gasteiger charge is 2.30. The molecular weight excluding hydrogens is 291 g/mol. The Kier molecular flexibility index (Phi) is 3.94. The fraction of sp³-hybridized carbons (Fsp3) is 0.308. The van der Waals surface area contributed by atoms with E-state index in [-0.39, 0.29) is 0 Å². The summed E-state index contributed by atoms with van der Waals surface area (Å²) in [6, 6.07) is 3.61. The Morgan fingerprint density at radius 2 is 2.05 bits per heavy atom. The lowest BCUT2D eigenvalue weighted by molar-refractivity contribution is -0.137.